The molecule has 1 rings (SSSR count). The Morgan fingerprint density at radius 2 is 0.946 bits per heavy atom. The lowest BCUT2D eigenvalue weighted by molar-refractivity contribution is -0.139. The van der Waals surface area contributed by atoms with Crippen LogP contribution in [0.5, 0.6) is 0 Å². The minimum Gasteiger partial charge on any atom is -0.463 e. The molecule has 0 aliphatic carbocycles. The number of hydrogen-bond donors (Lipinski definition) is 0. The van der Waals surface area contributed by atoms with Gasteiger partial charge in [0.25, 0.3) is 0 Å². The maximum atomic E-state index is 12.6. The van der Waals surface area contributed by atoms with E-state index in [4.69, 9.17) is 18.9 Å². The molecule has 8 heteroatoms. The van der Waals surface area contributed by atoms with Gasteiger partial charge in [-0.3, -0.25) is 0 Å². The molecule has 0 bridgehead atoms. The van der Waals surface area contributed by atoms with E-state index in [2.05, 4.69) is 0 Å². The van der Waals surface area contributed by atoms with Crippen molar-refractivity contribution in [3.63, 3.8) is 0 Å². The van der Waals surface area contributed by atoms with Gasteiger partial charge in [-0.25, -0.2) is 19.2 Å². The SMILES string of the molecule is CCOC(=O)/C=C/C(=C\c1c(C)cc(C)c(/C=C(\C=C\C(=O)OCC)C(=O)OCC)c1C)C(=O)OCC. The first-order valence-electron chi connectivity index (χ1n) is 12.2. The number of carbonyl (C=O) groups is 4. The van der Waals surface area contributed by atoms with E-state index in [0.717, 1.165) is 16.7 Å². The molecule has 0 aliphatic rings. The molecule has 1 aromatic rings. The van der Waals surface area contributed by atoms with E-state index >= 15 is 0 Å². The average molecular weight is 513 g/mol. The summed E-state index contributed by atoms with van der Waals surface area (Å²) in [6, 6.07) is 1.92. The molecule has 0 saturated heterocycles. The average Bonchev–Trinajstić information content (AvgIpc) is 2.83. The summed E-state index contributed by atoms with van der Waals surface area (Å²) >= 11 is 0. The van der Waals surface area contributed by atoms with Crippen LogP contribution in [0.15, 0.2) is 41.5 Å². The number of hydrogen-bond acceptors (Lipinski definition) is 8. The van der Waals surface area contributed by atoms with Crippen LogP contribution in [0, 0.1) is 20.8 Å². The lowest BCUT2D eigenvalue weighted by atomic mass is 9.91. The second-order valence-electron chi connectivity index (χ2n) is 7.77. The fourth-order valence-electron chi connectivity index (χ4n) is 3.45. The number of aryl methyl sites for hydroxylation is 2. The van der Waals surface area contributed by atoms with Gasteiger partial charge in [0, 0.05) is 12.2 Å². The van der Waals surface area contributed by atoms with Gasteiger partial charge in [0.15, 0.2) is 0 Å². The van der Waals surface area contributed by atoms with Crippen LogP contribution in [0.4, 0.5) is 0 Å². The lowest BCUT2D eigenvalue weighted by Gasteiger charge is -2.15. The number of ether oxygens (including phenoxy) is 4. The van der Waals surface area contributed by atoms with E-state index in [1.807, 2.05) is 26.8 Å². The van der Waals surface area contributed by atoms with Crippen molar-refractivity contribution in [1.29, 1.82) is 0 Å². The van der Waals surface area contributed by atoms with E-state index in [-0.39, 0.29) is 37.6 Å². The minimum atomic E-state index is -0.593. The summed E-state index contributed by atoms with van der Waals surface area (Å²) in [6.07, 6.45) is 8.32. The molecule has 0 amide bonds. The Morgan fingerprint density at radius 3 is 1.27 bits per heavy atom. The van der Waals surface area contributed by atoms with E-state index in [1.165, 1.54) is 24.3 Å². The molecule has 0 N–H and O–H groups in total. The first-order chi connectivity index (χ1) is 17.6. The van der Waals surface area contributed by atoms with Crippen LogP contribution in [-0.4, -0.2) is 50.3 Å². The van der Waals surface area contributed by atoms with E-state index in [9.17, 15) is 19.2 Å². The summed E-state index contributed by atoms with van der Waals surface area (Å²) in [5.74, 6) is -2.34. The Labute approximate surface area is 218 Å². The number of carbonyl (C=O) groups excluding carboxylic acids is 4. The Bertz CT molecular complexity index is 1030. The van der Waals surface area contributed by atoms with Gasteiger partial charge in [0.05, 0.1) is 37.6 Å². The number of benzene rings is 1. The van der Waals surface area contributed by atoms with Crippen LogP contribution in [0.3, 0.4) is 0 Å². The quantitative estimate of drug-likeness (QED) is 0.171. The monoisotopic (exact) mass is 512 g/mol. The lowest BCUT2D eigenvalue weighted by Crippen LogP contribution is -2.09. The van der Waals surface area contributed by atoms with Crippen molar-refractivity contribution in [2.75, 3.05) is 26.4 Å². The van der Waals surface area contributed by atoms with Crippen LogP contribution in [0.1, 0.15) is 55.5 Å². The predicted molar refractivity (Wildman–Crippen MR) is 141 cm³/mol. The van der Waals surface area contributed by atoms with Crippen molar-refractivity contribution >= 4 is 36.0 Å². The van der Waals surface area contributed by atoms with Crippen molar-refractivity contribution in [1.82, 2.24) is 0 Å². The molecule has 8 nitrogen and oxygen atoms in total. The third-order valence-corrected chi connectivity index (χ3v) is 5.08. The Balaban J connectivity index is 3.72. The maximum absolute atomic E-state index is 12.6. The fourth-order valence-corrected chi connectivity index (χ4v) is 3.45. The van der Waals surface area contributed by atoms with E-state index in [0.29, 0.717) is 11.1 Å². The molecular weight excluding hydrogens is 476 g/mol. The van der Waals surface area contributed by atoms with Crippen molar-refractivity contribution in [3.8, 4) is 0 Å². The molecule has 0 saturated carbocycles. The van der Waals surface area contributed by atoms with Gasteiger partial charge in [0.1, 0.15) is 0 Å². The number of esters is 4. The number of rotatable bonds is 12. The van der Waals surface area contributed by atoms with Gasteiger partial charge in [-0.1, -0.05) is 6.07 Å². The highest BCUT2D eigenvalue weighted by atomic mass is 16.5. The predicted octanol–water partition coefficient (Wildman–Crippen LogP) is 4.74. The molecule has 0 fully saturated rings. The molecule has 0 radical (unpaired) electrons. The minimum absolute atomic E-state index is 0.160. The van der Waals surface area contributed by atoms with Crippen LogP contribution in [-0.2, 0) is 38.1 Å². The largest absolute Gasteiger partial charge is 0.463 e. The topological polar surface area (TPSA) is 105 Å². The highest BCUT2D eigenvalue weighted by molar-refractivity contribution is 6.00. The summed E-state index contributed by atoms with van der Waals surface area (Å²) in [7, 11) is 0. The molecule has 200 valence electrons. The van der Waals surface area contributed by atoms with Crippen LogP contribution < -0.4 is 0 Å². The zero-order chi connectivity index (χ0) is 28.0. The van der Waals surface area contributed by atoms with Crippen molar-refractivity contribution in [3.05, 3.63) is 69.3 Å². The second kappa shape index (κ2) is 15.9. The summed E-state index contributed by atoms with van der Waals surface area (Å²) < 4.78 is 20.1. The van der Waals surface area contributed by atoms with E-state index in [1.54, 1.807) is 39.8 Å². The standard InChI is InChI=1S/C29H36O8/c1-8-34-26(30)14-12-22(28(32)36-10-3)17-24-19(5)16-20(6)25(21(24)7)18-23(29(33)37-11-4)13-15-27(31)35-9-2/h12-18H,8-11H2,1-7H3/b14-12+,15-13+,22-17+,23-18+. The molecule has 37 heavy (non-hydrogen) atoms. The summed E-state index contributed by atoms with van der Waals surface area (Å²) in [6.45, 7) is 13.1. The van der Waals surface area contributed by atoms with Crippen LogP contribution >= 0.6 is 0 Å². The Kier molecular flexibility index (Phi) is 13.4. The fraction of sp³-hybridized carbons (Fsp3) is 0.379. The normalized spacial score (nSPS) is 12.1. The molecule has 0 unspecified atom stereocenters. The molecule has 0 aliphatic heterocycles. The molecule has 0 atom stereocenters. The highest BCUT2D eigenvalue weighted by Crippen LogP contribution is 2.27. The smallest absolute Gasteiger partial charge is 0.338 e. The first kappa shape index (κ1) is 31.1. The summed E-state index contributed by atoms with van der Waals surface area (Å²) in [4.78, 5) is 48.9. The van der Waals surface area contributed by atoms with Gasteiger partial charge in [-0.05, 0) is 101 Å². The molecule has 0 heterocycles. The van der Waals surface area contributed by atoms with Gasteiger partial charge < -0.3 is 18.9 Å². The van der Waals surface area contributed by atoms with Crippen molar-refractivity contribution in [2.45, 2.75) is 48.5 Å². The van der Waals surface area contributed by atoms with Crippen LogP contribution in [0.2, 0.25) is 0 Å². The van der Waals surface area contributed by atoms with Crippen molar-refractivity contribution in [2.24, 2.45) is 0 Å². The second-order valence-corrected chi connectivity index (χ2v) is 7.77. The van der Waals surface area contributed by atoms with Gasteiger partial charge in [-0.2, -0.15) is 0 Å². The summed E-state index contributed by atoms with van der Waals surface area (Å²) in [5.41, 5.74) is 4.27. The van der Waals surface area contributed by atoms with Crippen LogP contribution in [0.25, 0.3) is 12.2 Å². The van der Waals surface area contributed by atoms with Gasteiger partial charge in [0.2, 0.25) is 0 Å². The van der Waals surface area contributed by atoms with Gasteiger partial charge >= 0.3 is 23.9 Å². The van der Waals surface area contributed by atoms with Crippen molar-refractivity contribution < 1.29 is 38.1 Å². The maximum Gasteiger partial charge on any atom is 0.338 e. The summed E-state index contributed by atoms with van der Waals surface area (Å²) in [5, 5.41) is 0. The van der Waals surface area contributed by atoms with Gasteiger partial charge in [-0.15, -0.1) is 0 Å². The third kappa shape index (κ3) is 9.91. The zero-order valence-electron chi connectivity index (χ0n) is 22.6. The van der Waals surface area contributed by atoms with E-state index < -0.39 is 23.9 Å². The Morgan fingerprint density at radius 1 is 0.595 bits per heavy atom. The zero-order valence-corrected chi connectivity index (χ0v) is 22.6. The first-order valence-corrected chi connectivity index (χ1v) is 12.2. The highest BCUT2D eigenvalue weighted by Gasteiger charge is 2.16. The molecule has 1 aromatic carbocycles. The molecule has 0 spiro atoms. The Hall–Kier alpha value is -3.94. The molecule has 0 aromatic heterocycles. The molecular formula is C29H36O8. The third-order valence-electron chi connectivity index (χ3n) is 5.08.